The second-order valence-corrected chi connectivity index (χ2v) is 7.90. The first kappa shape index (κ1) is 17.5. The van der Waals surface area contributed by atoms with Gasteiger partial charge in [0.15, 0.2) is 0 Å². The Hall–Kier alpha value is -1.89. The zero-order chi connectivity index (χ0) is 18.1. The van der Waals surface area contributed by atoms with E-state index < -0.39 is 5.97 Å². The van der Waals surface area contributed by atoms with Crippen LogP contribution in [0.15, 0.2) is 29.6 Å². The molecule has 1 aromatic heterocycles. The molecule has 1 spiro atoms. The minimum Gasteiger partial charge on any atom is -0.496 e. The van der Waals surface area contributed by atoms with Crippen LogP contribution in [-0.4, -0.2) is 42.8 Å². The Morgan fingerprint density at radius 2 is 2.15 bits per heavy atom. The molecule has 1 fully saturated rings. The number of carboxylic acids is 1. The highest BCUT2D eigenvalue weighted by atomic mass is 32.1. The van der Waals surface area contributed by atoms with Crippen LogP contribution in [0, 0.1) is 0 Å². The molecule has 0 saturated carbocycles. The van der Waals surface area contributed by atoms with Crippen LogP contribution in [0.3, 0.4) is 0 Å². The Bertz CT molecular complexity index is 808. The van der Waals surface area contributed by atoms with Gasteiger partial charge >= 0.3 is 5.97 Å². The van der Waals surface area contributed by atoms with Gasteiger partial charge in [0, 0.05) is 24.5 Å². The monoisotopic (exact) mass is 373 g/mol. The number of aromatic carboxylic acids is 1. The largest absolute Gasteiger partial charge is 0.496 e. The van der Waals surface area contributed by atoms with Gasteiger partial charge in [0.25, 0.3) is 0 Å². The maximum atomic E-state index is 11.4. The number of fused-ring (bicyclic) bond motifs is 2. The first-order valence-electron chi connectivity index (χ1n) is 8.95. The molecule has 0 aliphatic carbocycles. The second-order valence-electron chi connectivity index (χ2n) is 6.98. The number of likely N-dealkylation sites (tertiary alicyclic amines) is 1. The summed E-state index contributed by atoms with van der Waals surface area (Å²) in [7, 11) is 1.49. The third-order valence-corrected chi connectivity index (χ3v) is 6.62. The summed E-state index contributed by atoms with van der Waals surface area (Å²) in [5.74, 6) is -0.554. The van der Waals surface area contributed by atoms with Gasteiger partial charge in [0.1, 0.15) is 16.9 Å². The fourth-order valence-electron chi connectivity index (χ4n) is 4.08. The summed E-state index contributed by atoms with van der Waals surface area (Å²) < 4.78 is 11.4. The standard InChI is InChI=1S/C20H23NO4S/c1-24-17-3-2-14(12-16(17)19(22)23)13-21-8-6-20(7-9-21)18-15(4-10-25-20)5-11-26-18/h2-3,5,11-12H,4,6-10,13H2,1H3,(H,22,23). The maximum Gasteiger partial charge on any atom is 0.339 e. The lowest BCUT2D eigenvalue weighted by Crippen LogP contribution is -2.45. The number of thiophene rings is 1. The molecule has 0 atom stereocenters. The molecule has 1 N–H and O–H groups in total. The molecule has 2 aliphatic rings. The van der Waals surface area contributed by atoms with E-state index in [9.17, 15) is 9.90 Å². The summed E-state index contributed by atoms with van der Waals surface area (Å²) in [6, 6.07) is 7.65. The molecule has 1 saturated heterocycles. The third kappa shape index (κ3) is 3.13. The van der Waals surface area contributed by atoms with Crippen molar-refractivity contribution >= 4 is 17.3 Å². The summed E-state index contributed by atoms with van der Waals surface area (Å²) in [5.41, 5.74) is 2.57. The van der Waals surface area contributed by atoms with Gasteiger partial charge in [-0.3, -0.25) is 4.90 Å². The van der Waals surface area contributed by atoms with Crippen molar-refractivity contribution < 1.29 is 19.4 Å². The van der Waals surface area contributed by atoms with E-state index >= 15 is 0 Å². The highest BCUT2D eigenvalue weighted by molar-refractivity contribution is 7.10. The van der Waals surface area contributed by atoms with Crippen LogP contribution in [0.1, 0.15) is 39.2 Å². The van der Waals surface area contributed by atoms with Gasteiger partial charge in [0.05, 0.1) is 13.7 Å². The number of methoxy groups -OCH3 is 1. The van der Waals surface area contributed by atoms with E-state index in [2.05, 4.69) is 16.3 Å². The Morgan fingerprint density at radius 3 is 2.88 bits per heavy atom. The number of carboxylic acid groups (broad SMARTS) is 1. The number of ether oxygens (including phenoxy) is 2. The van der Waals surface area contributed by atoms with E-state index in [0.717, 1.165) is 51.1 Å². The number of rotatable bonds is 4. The van der Waals surface area contributed by atoms with E-state index in [-0.39, 0.29) is 11.2 Å². The third-order valence-electron chi connectivity index (χ3n) is 5.47. The van der Waals surface area contributed by atoms with Gasteiger partial charge in [-0.25, -0.2) is 4.79 Å². The minimum absolute atomic E-state index is 0.107. The van der Waals surface area contributed by atoms with Crippen molar-refractivity contribution in [2.75, 3.05) is 26.8 Å². The Labute approximate surface area is 157 Å². The summed E-state index contributed by atoms with van der Waals surface area (Å²) >= 11 is 1.82. The summed E-state index contributed by atoms with van der Waals surface area (Å²) in [4.78, 5) is 15.2. The highest BCUT2D eigenvalue weighted by Gasteiger charge is 2.41. The molecule has 0 radical (unpaired) electrons. The zero-order valence-electron chi connectivity index (χ0n) is 14.9. The zero-order valence-corrected chi connectivity index (χ0v) is 15.7. The average Bonchev–Trinajstić information content (AvgIpc) is 3.14. The topological polar surface area (TPSA) is 59.0 Å². The molecule has 2 aromatic rings. The van der Waals surface area contributed by atoms with Gasteiger partial charge in [-0.1, -0.05) is 6.07 Å². The fraction of sp³-hybridized carbons (Fsp3) is 0.450. The van der Waals surface area contributed by atoms with Crippen LogP contribution in [0.4, 0.5) is 0 Å². The number of nitrogens with zero attached hydrogens (tertiary/aromatic N) is 1. The van der Waals surface area contributed by atoms with Gasteiger partial charge in [-0.05, 0) is 54.0 Å². The summed E-state index contributed by atoms with van der Waals surface area (Å²) in [5, 5.41) is 11.5. The lowest BCUT2D eigenvalue weighted by molar-refractivity contribution is -0.0960. The van der Waals surface area contributed by atoms with Crippen molar-refractivity contribution in [2.24, 2.45) is 0 Å². The molecule has 138 valence electrons. The van der Waals surface area contributed by atoms with E-state index in [4.69, 9.17) is 9.47 Å². The molecule has 1 aromatic carbocycles. The lowest BCUT2D eigenvalue weighted by atomic mass is 9.85. The van der Waals surface area contributed by atoms with Crippen molar-refractivity contribution in [3.63, 3.8) is 0 Å². The van der Waals surface area contributed by atoms with Gasteiger partial charge in [-0.2, -0.15) is 0 Å². The molecule has 5 nitrogen and oxygen atoms in total. The molecule has 4 rings (SSSR count). The highest BCUT2D eigenvalue weighted by Crippen LogP contribution is 2.44. The Morgan fingerprint density at radius 1 is 1.35 bits per heavy atom. The fourth-order valence-corrected chi connectivity index (χ4v) is 5.24. The predicted molar refractivity (Wildman–Crippen MR) is 100 cm³/mol. The first-order valence-corrected chi connectivity index (χ1v) is 9.83. The van der Waals surface area contributed by atoms with Crippen LogP contribution in [-0.2, 0) is 23.3 Å². The van der Waals surface area contributed by atoms with E-state index in [1.807, 2.05) is 17.4 Å². The average molecular weight is 373 g/mol. The van der Waals surface area contributed by atoms with Gasteiger partial charge < -0.3 is 14.6 Å². The van der Waals surface area contributed by atoms with Crippen LogP contribution < -0.4 is 4.74 Å². The van der Waals surface area contributed by atoms with Crippen molar-refractivity contribution in [1.82, 2.24) is 4.90 Å². The van der Waals surface area contributed by atoms with Gasteiger partial charge in [-0.15, -0.1) is 11.3 Å². The van der Waals surface area contributed by atoms with Crippen molar-refractivity contribution in [1.29, 1.82) is 0 Å². The molecule has 0 unspecified atom stereocenters. The van der Waals surface area contributed by atoms with E-state index in [1.165, 1.54) is 17.6 Å². The van der Waals surface area contributed by atoms with Crippen molar-refractivity contribution in [3.8, 4) is 5.75 Å². The Kier molecular flexibility index (Phi) is 4.73. The molecular weight excluding hydrogens is 350 g/mol. The SMILES string of the molecule is COc1ccc(CN2CCC3(CC2)OCCc2ccsc23)cc1C(=O)O. The van der Waals surface area contributed by atoms with Crippen LogP contribution in [0.25, 0.3) is 0 Å². The summed E-state index contributed by atoms with van der Waals surface area (Å²) in [6.07, 6.45) is 3.00. The van der Waals surface area contributed by atoms with Crippen molar-refractivity contribution in [3.05, 3.63) is 51.2 Å². The van der Waals surface area contributed by atoms with Crippen LogP contribution in [0.5, 0.6) is 5.75 Å². The minimum atomic E-state index is -0.956. The summed E-state index contributed by atoms with van der Waals surface area (Å²) in [6.45, 7) is 3.46. The molecule has 2 aliphatic heterocycles. The van der Waals surface area contributed by atoms with Gasteiger partial charge in [0.2, 0.25) is 0 Å². The molecule has 26 heavy (non-hydrogen) atoms. The lowest BCUT2D eigenvalue weighted by Gasteiger charge is -2.43. The van der Waals surface area contributed by atoms with Crippen LogP contribution in [0.2, 0.25) is 0 Å². The smallest absolute Gasteiger partial charge is 0.339 e. The van der Waals surface area contributed by atoms with E-state index in [1.54, 1.807) is 12.1 Å². The molecule has 6 heteroatoms. The normalized spacial score (nSPS) is 19.3. The Balaban J connectivity index is 1.45. The van der Waals surface area contributed by atoms with Crippen molar-refractivity contribution in [2.45, 2.75) is 31.4 Å². The number of benzene rings is 1. The molecule has 0 amide bonds. The number of hydrogen-bond donors (Lipinski definition) is 1. The molecule has 0 bridgehead atoms. The first-order chi connectivity index (χ1) is 12.6. The second kappa shape index (κ2) is 7.02. The van der Waals surface area contributed by atoms with Crippen LogP contribution >= 0.6 is 11.3 Å². The molecular formula is C20H23NO4S. The predicted octanol–water partition coefficient (Wildman–Crippen LogP) is 3.52. The number of piperidine rings is 1. The van der Waals surface area contributed by atoms with E-state index in [0.29, 0.717) is 5.75 Å². The quantitative estimate of drug-likeness (QED) is 0.889. The maximum absolute atomic E-state index is 11.4. The molecule has 3 heterocycles. The number of hydrogen-bond acceptors (Lipinski definition) is 5. The number of carbonyl (C=O) groups is 1.